The van der Waals surface area contributed by atoms with E-state index in [1.165, 1.54) is 11.9 Å². The number of morpholine rings is 1. The van der Waals surface area contributed by atoms with Crippen molar-refractivity contribution in [2.45, 2.75) is 17.0 Å². The molecule has 2 atom stereocenters. The monoisotopic (exact) mass is 405 g/mol. The van der Waals surface area contributed by atoms with Crippen molar-refractivity contribution < 1.29 is 23.5 Å². The molecule has 2 amide bonds. The zero-order valence-corrected chi connectivity index (χ0v) is 15.5. The maximum Gasteiger partial charge on any atom is 0.416 e. The number of benzene rings is 1. The minimum atomic E-state index is -2.13. The molecule has 2 saturated heterocycles. The van der Waals surface area contributed by atoms with Crippen molar-refractivity contribution in [2.24, 2.45) is 0 Å². The van der Waals surface area contributed by atoms with Gasteiger partial charge in [-0.15, -0.1) is 0 Å². The zero-order chi connectivity index (χ0) is 18.9. The van der Waals surface area contributed by atoms with Gasteiger partial charge in [0.2, 0.25) is 0 Å². The molecule has 26 heavy (non-hydrogen) atoms. The molecule has 3 rings (SSSR count). The highest BCUT2D eigenvalue weighted by Crippen LogP contribution is 2.33. The van der Waals surface area contributed by atoms with Gasteiger partial charge >= 0.3 is 6.09 Å². The molecule has 0 radical (unpaired) electrons. The summed E-state index contributed by atoms with van der Waals surface area (Å²) in [5.41, 5.74) is 0.640. The van der Waals surface area contributed by atoms with E-state index < -0.39 is 29.0 Å². The average molecular weight is 406 g/mol. The first-order valence-corrected chi connectivity index (χ1v) is 8.75. The van der Waals surface area contributed by atoms with Crippen LogP contribution in [0.5, 0.6) is 0 Å². The fraction of sp³-hybridized carbons (Fsp3) is 0.500. The van der Waals surface area contributed by atoms with Crippen molar-refractivity contribution >= 4 is 40.9 Å². The number of ether oxygens (including phenoxy) is 2. The van der Waals surface area contributed by atoms with Crippen LogP contribution in [-0.2, 0) is 14.3 Å². The third-order valence-corrected chi connectivity index (χ3v) is 5.06. The number of rotatable bonds is 4. The number of amides is 2. The summed E-state index contributed by atoms with van der Waals surface area (Å²) in [6.07, 6.45) is -3.10. The van der Waals surface area contributed by atoms with Crippen molar-refractivity contribution in [1.29, 1.82) is 0 Å². The van der Waals surface area contributed by atoms with Gasteiger partial charge in [0.15, 0.2) is 12.5 Å². The van der Waals surface area contributed by atoms with Gasteiger partial charge in [-0.05, 0) is 12.1 Å². The van der Waals surface area contributed by atoms with E-state index in [0.29, 0.717) is 5.69 Å². The molecule has 0 aromatic heterocycles. The molecule has 2 heterocycles. The van der Waals surface area contributed by atoms with Gasteiger partial charge in [0, 0.05) is 19.3 Å². The van der Waals surface area contributed by atoms with E-state index in [2.05, 4.69) is 0 Å². The molecular formula is C16H18Cl2FN3O4. The summed E-state index contributed by atoms with van der Waals surface area (Å²) in [6, 6.07) is 8.89. The lowest BCUT2D eigenvalue weighted by atomic mass is 10.3. The van der Waals surface area contributed by atoms with Crippen LogP contribution in [-0.4, -0.2) is 72.1 Å². The van der Waals surface area contributed by atoms with Crippen LogP contribution < -0.4 is 4.90 Å². The Kier molecular flexibility index (Phi) is 5.57. The second kappa shape index (κ2) is 7.56. The predicted molar refractivity (Wildman–Crippen MR) is 93.7 cm³/mol. The van der Waals surface area contributed by atoms with Gasteiger partial charge in [-0.3, -0.25) is 9.69 Å². The fourth-order valence-corrected chi connectivity index (χ4v) is 3.47. The summed E-state index contributed by atoms with van der Waals surface area (Å²) in [7, 11) is 1.40. The number of likely N-dealkylation sites (N-methyl/N-ethyl adjacent to an activating group) is 1. The first-order valence-electron chi connectivity index (χ1n) is 7.99. The minimum absolute atomic E-state index is 0.0638. The number of halogens is 3. The molecular weight excluding hydrogens is 388 g/mol. The Morgan fingerprint density at radius 2 is 2.04 bits per heavy atom. The maximum absolute atomic E-state index is 14.1. The molecule has 0 bridgehead atoms. The van der Waals surface area contributed by atoms with Crippen LogP contribution >= 0.6 is 23.2 Å². The second-order valence-corrected chi connectivity index (χ2v) is 7.23. The van der Waals surface area contributed by atoms with Crippen LogP contribution in [0.3, 0.4) is 0 Å². The number of carbonyl (C=O) groups excluding carboxylic acids is 2. The maximum atomic E-state index is 14.1. The first-order chi connectivity index (χ1) is 12.3. The van der Waals surface area contributed by atoms with Crippen molar-refractivity contribution in [3.8, 4) is 0 Å². The molecule has 0 N–H and O–H groups in total. The lowest BCUT2D eigenvalue weighted by Gasteiger charge is -2.40. The normalized spacial score (nSPS) is 24.5. The van der Waals surface area contributed by atoms with E-state index in [9.17, 15) is 14.0 Å². The number of anilines is 1. The van der Waals surface area contributed by atoms with Gasteiger partial charge in [-0.25, -0.2) is 14.1 Å². The molecule has 7 nitrogen and oxygen atoms in total. The minimum Gasteiger partial charge on any atom is -0.423 e. The quantitative estimate of drug-likeness (QED) is 0.567. The summed E-state index contributed by atoms with van der Waals surface area (Å²) < 4.78 is 22.2. The zero-order valence-electron chi connectivity index (χ0n) is 14.0. The van der Waals surface area contributed by atoms with Crippen LogP contribution in [0.4, 0.5) is 14.9 Å². The third-order valence-electron chi connectivity index (χ3n) is 4.30. The van der Waals surface area contributed by atoms with Gasteiger partial charge in [0.1, 0.15) is 0 Å². The number of nitrogens with zero attached hydrogens (tertiary/aromatic N) is 3. The van der Waals surface area contributed by atoms with Crippen molar-refractivity contribution in [2.75, 3.05) is 38.3 Å². The molecule has 0 spiro atoms. The summed E-state index contributed by atoms with van der Waals surface area (Å²) in [5.74, 6) is -0.780. The Labute approximate surface area is 160 Å². The topological polar surface area (TPSA) is 62.3 Å². The molecule has 0 aliphatic carbocycles. The molecule has 142 valence electrons. The Balaban J connectivity index is 1.71. The summed E-state index contributed by atoms with van der Waals surface area (Å²) in [5, 5.41) is 0. The molecule has 2 aliphatic heterocycles. The first kappa shape index (κ1) is 19.2. The summed E-state index contributed by atoms with van der Waals surface area (Å²) >= 11 is 12.3. The molecule has 1 aromatic carbocycles. The lowest BCUT2D eigenvalue weighted by molar-refractivity contribution is -0.149. The molecule has 1 aromatic rings. The molecule has 2 unspecified atom stereocenters. The van der Waals surface area contributed by atoms with E-state index in [1.807, 2.05) is 6.07 Å². The number of carbonyl (C=O) groups is 2. The van der Waals surface area contributed by atoms with E-state index in [4.69, 9.17) is 32.7 Å². The predicted octanol–water partition coefficient (Wildman–Crippen LogP) is 2.19. The molecule has 2 fully saturated rings. The Morgan fingerprint density at radius 1 is 1.35 bits per heavy atom. The van der Waals surface area contributed by atoms with Crippen molar-refractivity contribution in [3.63, 3.8) is 0 Å². The number of cyclic esters (lactones) is 1. The van der Waals surface area contributed by atoms with Crippen molar-refractivity contribution in [3.05, 3.63) is 30.3 Å². The highest BCUT2D eigenvalue weighted by atomic mass is 35.5. The Hall–Kier alpha value is -1.61. The van der Waals surface area contributed by atoms with Crippen LogP contribution in [0.25, 0.3) is 0 Å². The summed E-state index contributed by atoms with van der Waals surface area (Å²) in [6.45, 7) is 0.155. The lowest BCUT2D eigenvalue weighted by Crippen LogP contribution is -2.59. The number of para-hydroxylation sites is 1. The largest absolute Gasteiger partial charge is 0.423 e. The van der Waals surface area contributed by atoms with Gasteiger partial charge in [-0.2, -0.15) is 0 Å². The number of alkyl halides is 3. The van der Waals surface area contributed by atoms with E-state index >= 15 is 0 Å². The fourth-order valence-electron chi connectivity index (χ4n) is 2.82. The van der Waals surface area contributed by atoms with Crippen LogP contribution in [0.2, 0.25) is 0 Å². The summed E-state index contributed by atoms with van der Waals surface area (Å²) in [4.78, 5) is 28.4. The van der Waals surface area contributed by atoms with Gasteiger partial charge in [0.05, 0.1) is 19.8 Å². The van der Waals surface area contributed by atoms with Crippen molar-refractivity contribution in [1.82, 2.24) is 9.80 Å². The van der Waals surface area contributed by atoms with E-state index in [1.54, 1.807) is 24.3 Å². The van der Waals surface area contributed by atoms with Gasteiger partial charge < -0.3 is 14.4 Å². The van der Waals surface area contributed by atoms with Crippen LogP contribution in [0, 0.1) is 0 Å². The van der Waals surface area contributed by atoms with E-state index in [0.717, 1.165) is 9.80 Å². The van der Waals surface area contributed by atoms with E-state index in [-0.39, 0.29) is 26.3 Å². The molecule has 2 aliphatic rings. The third kappa shape index (κ3) is 3.59. The SMILES string of the molecule is CN(C(=O)C(Cl)(Cl)N1CCOCC1F)C1CN(c2ccccc2)C(=O)O1. The standard InChI is InChI=1S/C16H18Cl2FN3O4/c1-20(14(23)16(17,18)22-7-8-25-10-12(22)19)13-9-21(15(24)26-13)11-5-3-2-4-6-11/h2-6,12-13H,7-10H2,1H3. The highest BCUT2D eigenvalue weighted by Gasteiger charge is 2.49. The highest BCUT2D eigenvalue weighted by molar-refractivity contribution is 6.57. The van der Waals surface area contributed by atoms with Gasteiger partial charge in [0.25, 0.3) is 10.4 Å². The molecule has 0 saturated carbocycles. The molecule has 10 heteroatoms. The smallest absolute Gasteiger partial charge is 0.416 e. The second-order valence-electron chi connectivity index (χ2n) is 5.94. The van der Waals surface area contributed by atoms with Crippen LogP contribution in [0.15, 0.2) is 30.3 Å². The average Bonchev–Trinajstić information content (AvgIpc) is 3.03. The van der Waals surface area contributed by atoms with Gasteiger partial charge in [-0.1, -0.05) is 41.4 Å². The number of hydrogen-bond donors (Lipinski definition) is 0. The Bertz CT molecular complexity index is 679. The van der Waals surface area contributed by atoms with Crippen LogP contribution in [0.1, 0.15) is 0 Å². The Morgan fingerprint density at radius 3 is 2.69 bits per heavy atom. The number of hydrogen-bond acceptors (Lipinski definition) is 5.